The molecule has 0 N–H and O–H groups in total. The Morgan fingerprint density at radius 2 is 1.78 bits per heavy atom. The van der Waals surface area contributed by atoms with E-state index in [1.165, 1.54) is 6.92 Å². The van der Waals surface area contributed by atoms with Crippen molar-refractivity contribution in [2.45, 2.75) is 34.1 Å². The van der Waals surface area contributed by atoms with Gasteiger partial charge in [0.15, 0.2) is 5.78 Å². The van der Waals surface area contributed by atoms with Gasteiger partial charge in [-0.1, -0.05) is 27.4 Å². The molecule has 0 aliphatic carbocycles. The molecule has 9 heavy (non-hydrogen) atoms. The van der Waals surface area contributed by atoms with E-state index in [-0.39, 0.29) is 5.78 Å². The maximum Gasteiger partial charge on any atom is 0.155 e. The topological polar surface area (TPSA) is 17.1 Å². The second kappa shape index (κ2) is 7.41. The molecule has 1 heteroatoms. The molecule has 0 rings (SSSR count). The van der Waals surface area contributed by atoms with Gasteiger partial charge in [-0.2, -0.15) is 0 Å². The summed E-state index contributed by atoms with van der Waals surface area (Å²) in [7, 11) is 0. The van der Waals surface area contributed by atoms with E-state index in [9.17, 15) is 4.79 Å². The van der Waals surface area contributed by atoms with Crippen molar-refractivity contribution in [2.24, 2.45) is 0 Å². The molecule has 1 nitrogen and oxygen atoms in total. The summed E-state index contributed by atoms with van der Waals surface area (Å²) in [4.78, 5) is 10.3. The minimum absolute atomic E-state index is 0.0995. The largest absolute Gasteiger partial charge is 0.295 e. The molecule has 0 aliphatic heterocycles. The van der Waals surface area contributed by atoms with E-state index in [0.29, 0.717) is 5.57 Å². The van der Waals surface area contributed by atoms with Crippen LogP contribution in [0.2, 0.25) is 0 Å². The Bertz CT molecular complexity index is 92.7. The zero-order valence-electron chi connectivity index (χ0n) is 6.82. The fraction of sp³-hybridized carbons (Fsp3) is 0.625. The van der Waals surface area contributed by atoms with E-state index in [0.717, 1.165) is 6.42 Å². The lowest BCUT2D eigenvalue weighted by Gasteiger charge is -1.89. The minimum Gasteiger partial charge on any atom is -0.295 e. The zero-order valence-corrected chi connectivity index (χ0v) is 6.82. The van der Waals surface area contributed by atoms with Crippen LogP contribution < -0.4 is 0 Å². The number of carbonyl (C=O) groups is 1. The predicted octanol–water partition coefficient (Wildman–Crippen LogP) is 2.57. The van der Waals surface area contributed by atoms with Gasteiger partial charge in [-0.3, -0.25) is 4.79 Å². The first kappa shape index (κ1) is 11.2. The van der Waals surface area contributed by atoms with Gasteiger partial charge in [-0.05, 0) is 18.9 Å². The van der Waals surface area contributed by atoms with Gasteiger partial charge in [0.05, 0.1) is 0 Å². The van der Waals surface area contributed by atoms with Crippen molar-refractivity contribution in [3.63, 3.8) is 0 Å². The van der Waals surface area contributed by atoms with Crippen molar-refractivity contribution in [1.82, 2.24) is 0 Å². The summed E-state index contributed by atoms with van der Waals surface area (Å²) in [5, 5.41) is 0. The molecule has 0 bridgehead atoms. The third-order valence-electron chi connectivity index (χ3n) is 0.925. The van der Waals surface area contributed by atoms with Gasteiger partial charge in [-0.25, -0.2) is 0 Å². The molecule has 0 aromatic carbocycles. The van der Waals surface area contributed by atoms with Crippen molar-refractivity contribution in [2.75, 3.05) is 0 Å². The molecular formula is C8H16O. The van der Waals surface area contributed by atoms with Crippen LogP contribution in [0.25, 0.3) is 0 Å². The van der Waals surface area contributed by atoms with Gasteiger partial charge >= 0.3 is 0 Å². The first-order chi connectivity index (χ1) is 4.18. The number of allylic oxidation sites excluding steroid dienone is 1. The molecule has 0 atom stereocenters. The molecule has 0 spiro atoms. The summed E-state index contributed by atoms with van der Waals surface area (Å²) in [6.07, 6.45) is 0.773. The van der Waals surface area contributed by atoms with Crippen LogP contribution in [-0.4, -0.2) is 5.78 Å². The van der Waals surface area contributed by atoms with Gasteiger partial charge in [0.1, 0.15) is 0 Å². The fourth-order valence-electron chi connectivity index (χ4n) is 0.249. The van der Waals surface area contributed by atoms with Crippen LogP contribution in [0, 0.1) is 0 Å². The van der Waals surface area contributed by atoms with E-state index >= 15 is 0 Å². The molecule has 0 radical (unpaired) electrons. The summed E-state index contributed by atoms with van der Waals surface area (Å²) in [5.74, 6) is 0.0995. The molecular weight excluding hydrogens is 112 g/mol. The van der Waals surface area contributed by atoms with Gasteiger partial charge in [0.2, 0.25) is 0 Å². The monoisotopic (exact) mass is 128 g/mol. The Hall–Kier alpha value is -0.590. The van der Waals surface area contributed by atoms with Gasteiger partial charge in [0, 0.05) is 0 Å². The zero-order chi connectivity index (χ0) is 7.86. The van der Waals surface area contributed by atoms with E-state index < -0.39 is 0 Å². The Labute approximate surface area is 57.8 Å². The summed E-state index contributed by atoms with van der Waals surface area (Å²) in [6, 6.07) is 0. The molecule has 0 saturated heterocycles. The fourth-order valence-corrected chi connectivity index (χ4v) is 0.249. The van der Waals surface area contributed by atoms with Crippen molar-refractivity contribution >= 4 is 5.78 Å². The Kier molecular flexibility index (Phi) is 9.25. The van der Waals surface area contributed by atoms with E-state index in [2.05, 4.69) is 6.58 Å². The van der Waals surface area contributed by atoms with Gasteiger partial charge in [0.25, 0.3) is 0 Å². The molecule has 0 aromatic heterocycles. The maximum atomic E-state index is 10.3. The number of Topliss-reactive ketones (excluding diaryl/α,β-unsaturated/α-hetero) is 1. The highest BCUT2D eigenvalue weighted by Crippen LogP contribution is 1.94. The molecule has 0 amide bonds. The van der Waals surface area contributed by atoms with Crippen molar-refractivity contribution in [3.05, 3.63) is 12.2 Å². The van der Waals surface area contributed by atoms with Crippen LogP contribution in [0.15, 0.2) is 12.2 Å². The highest BCUT2D eigenvalue weighted by molar-refractivity contribution is 5.92. The van der Waals surface area contributed by atoms with Gasteiger partial charge < -0.3 is 0 Å². The summed E-state index contributed by atoms with van der Waals surface area (Å²) in [5.41, 5.74) is 0.708. The van der Waals surface area contributed by atoms with Crippen LogP contribution in [0.1, 0.15) is 34.1 Å². The van der Waals surface area contributed by atoms with E-state index in [1.54, 1.807) is 0 Å². The predicted molar refractivity (Wildman–Crippen MR) is 41.5 cm³/mol. The third kappa shape index (κ3) is 7.41. The Morgan fingerprint density at radius 3 is 1.78 bits per heavy atom. The van der Waals surface area contributed by atoms with Crippen molar-refractivity contribution in [3.8, 4) is 0 Å². The second-order valence-corrected chi connectivity index (χ2v) is 1.51. The maximum absolute atomic E-state index is 10.3. The van der Waals surface area contributed by atoms with E-state index in [1.807, 2.05) is 20.8 Å². The molecule has 0 heterocycles. The smallest absolute Gasteiger partial charge is 0.155 e. The van der Waals surface area contributed by atoms with E-state index in [4.69, 9.17) is 0 Å². The lowest BCUT2D eigenvalue weighted by Crippen LogP contribution is -1.90. The number of hydrogen-bond donors (Lipinski definition) is 0. The van der Waals surface area contributed by atoms with Crippen molar-refractivity contribution < 1.29 is 4.79 Å². The Morgan fingerprint density at radius 1 is 1.44 bits per heavy atom. The van der Waals surface area contributed by atoms with Crippen LogP contribution in [0.5, 0.6) is 0 Å². The normalized spacial score (nSPS) is 7.11. The standard InChI is InChI=1S/C6H10O.C2H6/c1-4-5(2)6(3)7;1-2/h2,4H2,1,3H3;1-2H3. The average molecular weight is 128 g/mol. The highest BCUT2D eigenvalue weighted by atomic mass is 16.1. The van der Waals surface area contributed by atoms with Crippen LogP contribution >= 0.6 is 0 Å². The number of carbonyl (C=O) groups excluding carboxylic acids is 1. The molecule has 0 aliphatic rings. The third-order valence-corrected chi connectivity index (χ3v) is 0.925. The van der Waals surface area contributed by atoms with Crippen LogP contribution in [0.4, 0.5) is 0 Å². The van der Waals surface area contributed by atoms with Crippen LogP contribution in [-0.2, 0) is 4.79 Å². The van der Waals surface area contributed by atoms with Crippen LogP contribution in [0.3, 0.4) is 0 Å². The SMILES string of the molecule is C=C(CC)C(C)=O.CC. The summed E-state index contributed by atoms with van der Waals surface area (Å²) >= 11 is 0. The van der Waals surface area contributed by atoms with Gasteiger partial charge in [-0.15, -0.1) is 0 Å². The first-order valence-corrected chi connectivity index (χ1v) is 3.37. The highest BCUT2D eigenvalue weighted by Gasteiger charge is 1.92. The average Bonchev–Trinajstić information content (AvgIpc) is 1.91. The summed E-state index contributed by atoms with van der Waals surface area (Å²) < 4.78 is 0. The second-order valence-electron chi connectivity index (χ2n) is 1.51. The molecule has 0 unspecified atom stereocenters. The molecule has 0 saturated carbocycles. The first-order valence-electron chi connectivity index (χ1n) is 3.37. The lowest BCUT2D eigenvalue weighted by molar-refractivity contribution is -0.113. The quantitative estimate of drug-likeness (QED) is 0.522. The number of rotatable bonds is 2. The lowest BCUT2D eigenvalue weighted by atomic mass is 10.2. The molecule has 54 valence electrons. The van der Waals surface area contributed by atoms with Crippen molar-refractivity contribution in [1.29, 1.82) is 0 Å². The molecule has 0 aromatic rings. The minimum atomic E-state index is 0.0995. The molecule has 0 fully saturated rings. The summed E-state index contributed by atoms with van der Waals surface area (Å²) in [6.45, 7) is 11.0. The Balaban J connectivity index is 0. The number of hydrogen-bond acceptors (Lipinski definition) is 1. The number of ketones is 1.